The quantitative estimate of drug-likeness (QED) is 0.862. The summed E-state index contributed by atoms with van der Waals surface area (Å²) in [5.41, 5.74) is 1.48. The number of carbonyl (C=O) groups excluding carboxylic acids is 1. The van der Waals surface area contributed by atoms with Crippen LogP contribution in [-0.4, -0.2) is 28.5 Å². The van der Waals surface area contributed by atoms with Crippen LogP contribution in [0.1, 0.15) is 42.5 Å². The fourth-order valence-electron chi connectivity index (χ4n) is 2.67. The minimum Gasteiger partial charge on any atom is -0.378 e. The van der Waals surface area contributed by atoms with Crippen molar-refractivity contribution in [3.05, 3.63) is 28.5 Å². The molecular weight excluding hydrogens is 320 g/mol. The topological polar surface area (TPSA) is 55.0 Å². The van der Waals surface area contributed by atoms with E-state index >= 15 is 0 Å². The van der Waals surface area contributed by atoms with Gasteiger partial charge in [-0.2, -0.15) is 0 Å². The van der Waals surface area contributed by atoms with Gasteiger partial charge in [-0.3, -0.25) is 4.79 Å². The van der Waals surface area contributed by atoms with E-state index in [9.17, 15) is 4.79 Å². The van der Waals surface area contributed by atoms with Crippen molar-refractivity contribution >= 4 is 32.7 Å². The first-order chi connectivity index (χ1) is 9.74. The summed E-state index contributed by atoms with van der Waals surface area (Å²) in [6.45, 7) is 0.836. The van der Waals surface area contributed by atoms with Gasteiger partial charge in [-0.25, -0.2) is 4.98 Å². The highest BCUT2D eigenvalue weighted by atomic mass is 79.9. The maximum Gasteiger partial charge on any atom is 0.165 e. The van der Waals surface area contributed by atoms with E-state index in [2.05, 4.69) is 25.9 Å². The number of aromatic amines is 1. The third-order valence-electron chi connectivity index (χ3n) is 3.77. The fraction of sp³-hybridized carbons (Fsp3) is 0.467. The van der Waals surface area contributed by atoms with Gasteiger partial charge in [0.2, 0.25) is 0 Å². The van der Waals surface area contributed by atoms with Crippen LogP contribution in [0.2, 0.25) is 0 Å². The van der Waals surface area contributed by atoms with Gasteiger partial charge in [0, 0.05) is 40.8 Å². The molecule has 2 aromatic heterocycles. The third-order valence-corrected chi connectivity index (χ3v) is 4.20. The van der Waals surface area contributed by atoms with Crippen molar-refractivity contribution in [2.45, 2.75) is 38.2 Å². The lowest BCUT2D eigenvalue weighted by Crippen LogP contribution is -2.19. The molecule has 5 heteroatoms. The number of Topliss-reactive ketones (excluding diaryl/α,β-unsaturated/α-hetero) is 1. The normalized spacial score (nSPS) is 19.4. The number of aromatic nitrogens is 2. The van der Waals surface area contributed by atoms with Crippen LogP contribution in [0.3, 0.4) is 0 Å². The van der Waals surface area contributed by atoms with Crippen LogP contribution in [0.4, 0.5) is 0 Å². The molecule has 1 atom stereocenters. The zero-order chi connectivity index (χ0) is 13.9. The van der Waals surface area contributed by atoms with Crippen molar-refractivity contribution in [1.29, 1.82) is 0 Å². The fourth-order valence-corrected chi connectivity index (χ4v) is 3.00. The SMILES string of the molecule is O=C(CCC1CCCCO1)c1c[nH]c2ncc(Br)cc12. The summed E-state index contributed by atoms with van der Waals surface area (Å²) in [5.74, 6) is 0.158. The van der Waals surface area contributed by atoms with Crippen LogP contribution in [0.5, 0.6) is 0 Å². The van der Waals surface area contributed by atoms with Crippen molar-refractivity contribution in [3.8, 4) is 0 Å². The molecule has 3 heterocycles. The summed E-state index contributed by atoms with van der Waals surface area (Å²) in [5, 5.41) is 0.883. The van der Waals surface area contributed by atoms with Gasteiger partial charge in [0.1, 0.15) is 5.65 Å². The molecule has 0 saturated carbocycles. The van der Waals surface area contributed by atoms with Crippen LogP contribution in [0, 0.1) is 0 Å². The van der Waals surface area contributed by atoms with Gasteiger partial charge in [-0.05, 0) is 47.7 Å². The number of carbonyl (C=O) groups is 1. The Morgan fingerprint density at radius 1 is 1.50 bits per heavy atom. The number of fused-ring (bicyclic) bond motifs is 1. The molecule has 0 spiro atoms. The lowest BCUT2D eigenvalue weighted by molar-refractivity contribution is 0.0104. The highest BCUT2D eigenvalue weighted by Crippen LogP contribution is 2.23. The molecule has 1 fully saturated rings. The van der Waals surface area contributed by atoms with E-state index in [0.29, 0.717) is 6.42 Å². The van der Waals surface area contributed by atoms with Crippen molar-refractivity contribution in [3.63, 3.8) is 0 Å². The van der Waals surface area contributed by atoms with Crippen LogP contribution in [0.25, 0.3) is 11.0 Å². The summed E-state index contributed by atoms with van der Waals surface area (Å²) < 4.78 is 6.56. The summed E-state index contributed by atoms with van der Waals surface area (Å²) >= 11 is 3.39. The van der Waals surface area contributed by atoms with Crippen molar-refractivity contribution < 1.29 is 9.53 Å². The van der Waals surface area contributed by atoms with Gasteiger partial charge in [-0.15, -0.1) is 0 Å². The molecule has 1 unspecified atom stereocenters. The number of pyridine rings is 1. The molecule has 3 rings (SSSR count). The summed E-state index contributed by atoms with van der Waals surface area (Å²) in [4.78, 5) is 19.7. The number of nitrogens with zero attached hydrogens (tertiary/aromatic N) is 1. The molecule has 20 heavy (non-hydrogen) atoms. The van der Waals surface area contributed by atoms with Crippen LogP contribution >= 0.6 is 15.9 Å². The van der Waals surface area contributed by atoms with Gasteiger partial charge in [0.05, 0.1) is 6.10 Å². The summed E-state index contributed by atoms with van der Waals surface area (Å²) in [6, 6.07) is 1.93. The maximum atomic E-state index is 12.4. The average molecular weight is 337 g/mol. The molecule has 1 N–H and O–H groups in total. The molecular formula is C15H17BrN2O2. The predicted molar refractivity (Wildman–Crippen MR) is 80.9 cm³/mol. The second-order valence-electron chi connectivity index (χ2n) is 5.20. The van der Waals surface area contributed by atoms with E-state index in [0.717, 1.165) is 46.9 Å². The zero-order valence-electron chi connectivity index (χ0n) is 11.2. The van der Waals surface area contributed by atoms with Gasteiger partial charge in [0.15, 0.2) is 5.78 Å². The van der Waals surface area contributed by atoms with Gasteiger partial charge in [-0.1, -0.05) is 0 Å². The molecule has 106 valence electrons. The molecule has 0 aliphatic carbocycles. The van der Waals surface area contributed by atoms with Gasteiger partial charge in [0.25, 0.3) is 0 Å². The van der Waals surface area contributed by atoms with E-state index < -0.39 is 0 Å². The molecule has 0 bridgehead atoms. The van der Waals surface area contributed by atoms with E-state index in [-0.39, 0.29) is 11.9 Å². The highest BCUT2D eigenvalue weighted by molar-refractivity contribution is 9.10. The Labute approximate surface area is 126 Å². The van der Waals surface area contributed by atoms with E-state index in [1.165, 1.54) is 6.42 Å². The molecule has 2 aromatic rings. The van der Waals surface area contributed by atoms with Crippen molar-refractivity contribution in [2.24, 2.45) is 0 Å². The number of hydrogen-bond acceptors (Lipinski definition) is 3. The van der Waals surface area contributed by atoms with E-state index in [1.54, 1.807) is 12.4 Å². The van der Waals surface area contributed by atoms with E-state index in [1.807, 2.05) is 6.07 Å². The van der Waals surface area contributed by atoms with Crippen LogP contribution in [0.15, 0.2) is 22.9 Å². The predicted octanol–water partition coefficient (Wildman–Crippen LogP) is 3.86. The van der Waals surface area contributed by atoms with Crippen molar-refractivity contribution in [2.75, 3.05) is 6.61 Å². The number of nitrogens with one attached hydrogen (secondary N) is 1. The molecule has 1 aliphatic rings. The van der Waals surface area contributed by atoms with Crippen molar-refractivity contribution in [1.82, 2.24) is 9.97 Å². The Morgan fingerprint density at radius 3 is 3.20 bits per heavy atom. The largest absolute Gasteiger partial charge is 0.378 e. The number of H-pyrrole nitrogens is 1. The standard InChI is InChI=1S/C15H17BrN2O2/c16-10-7-12-13(9-18-15(12)17-8-10)14(19)5-4-11-3-1-2-6-20-11/h7-9,11H,1-6H2,(H,17,18). The van der Waals surface area contributed by atoms with E-state index in [4.69, 9.17) is 4.74 Å². The van der Waals surface area contributed by atoms with Gasteiger partial charge < -0.3 is 9.72 Å². The second-order valence-corrected chi connectivity index (χ2v) is 6.12. The number of halogens is 1. The van der Waals surface area contributed by atoms with Gasteiger partial charge >= 0.3 is 0 Å². The Kier molecular flexibility index (Phi) is 4.17. The minimum absolute atomic E-state index is 0.158. The monoisotopic (exact) mass is 336 g/mol. The molecule has 4 nitrogen and oxygen atoms in total. The smallest absolute Gasteiger partial charge is 0.165 e. The number of rotatable bonds is 4. The first-order valence-corrected chi connectivity index (χ1v) is 7.81. The zero-order valence-corrected chi connectivity index (χ0v) is 12.8. The average Bonchev–Trinajstić information content (AvgIpc) is 2.89. The number of hydrogen-bond donors (Lipinski definition) is 1. The first-order valence-electron chi connectivity index (χ1n) is 7.01. The minimum atomic E-state index is 0.158. The van der Waals surface area contributed by atoms with Crippen LogP contribution < -0.4 is 0 Å². The molecule has 1 aliphatic heterocycles. The molecule has 0 amide bonds. The lowest BCUT2D eigenvalue weighted by atomic mass is 10.0. The maximum absolute atomic E-state index is 12.4. The lowest BCUT2D eigenvalue weighted by Gasteiger charge is -2.22. The third kappa shape index (κ3) is 2.94. The summed E-state index contributed by atoms with van der Waals surface area (Å²) in [6.07, 6.45) is 8.51. The Morgan fingerprint density at radius 2 is 2.40 bits per heavy atom. The van der Waals surface area contributed by atoms with Crippen LogP contribution in [-0.2, 0) is 4.74 Å². The number of ether oxygens (including phenoxy) is 1. The highest BCUT2D eigenvalue weighted by Gasteiger charge is 2.18. The Balaban J connectivity index is 1.70. The Hall–Kier alpha value is -1.20. The summed E-state index contributed by atoms with van der Waals surface area (Å²) in [7, 11) is 0. The molecule has 0 radical (unpaired) electrons. The first kappa shape index (κ1) is 13.8. The molecule has 1 saturated heterocycles. The number of ketones is 1. The molecule has 0 aromatic carbocycles. The second kappa shape index (κ2) is 6.06. The Bertz CT molecular complexity index is 617.